The molecule has 3 rings (SSSR count). The second kappa shape index (κ2) is 12.5. The van der Waals surface area contributed by atoms with Gasteiger partial charge in [-0.25, -0.2) is 0 Å². The molecule has 0 N–H and O–H groups in total. The third-order valence-electron chi connectivity index (χ3n) is 7.93. The second-order valence-electron chi connectivity index (χ2n) is 13.0. The number of benzene rings is 2. The van der Waals surface area contributed by atoms with E-state index in [1.807, 2.05) is 14.2 Å². The number of fused-ring (bicyclic) bond motifs is 4. The Morgan fingerprint density at radius 2 is 0.722 bits per heavy atom. The first-order chi connectivity index (χ1) is 17.0. The van der Waals surface area contributed by atoms with Crippen molar-refractivity contribution in [1.29, 1.82) is 0 Å². The molecule has 2 nitrogen and oxygen atoms in total. The molecule has 1 aliphatic rings. The van der Waals surface area contributed by atoms with Crippen molar-refractivity contribution in [3.63, 3.8) is 0 Å². The zero-order valence-corrected chi connectivity index (χ0v) is 24.6. The van der Waals surface area contributed by atoms with Gasteiger partial charge in [0.2, 0.25) is 0 Å². The van der Waals surface area contributed by atoms with Crippen LogP contribution >= 0.6 is 0 Å². The van der Waals surface area contributed by atoms with E-state index in [2.05, 4.69) is 65.8 Å². The summed E-state index contributed by atoms with van der Waals surface area (Å²) in [6, 6.07) is 9.64. The number of hydrogen-bond acceptors (Lipinski definition) is 2. The van der Waals surface area contributed by atoms with Gasteiger partial charge in [0.25, 0.3) is 0 Å². The molecule has 0 radical (unpaired) electrons. The van der Waals surface area contributed by atoms with Crippen molar-refractivity contribution < 1.29 is 9.47 Å². The van der Waals surface area contributed by atoms with E-state index >= 15 is 0 Å². The van der Waals surface area contributed by atoms with Crippen molar-refractivity contribution >= 4 is 0 Å². The molecular weight excluding hydrogens is 440 g/mol. The van der Waals surface area contributed by atoms with Crippen molar-refractivity contribution in [2.75, 3.05) is 14.2 Å². The zero-order chi connectivity index (χ0) is 26.3. The van der Waals surface area contributed by atoms with Crippen LogP contribution in [0.4, 0.5) is 0 Å². The van der Waals surface area contributed by atoms with Gasteiger partial charge in [0, 0.05) is 0 Å². The molecule has 0 amide bonds. The standard InChI is InChI=1S/C34H52O2/c1-33(2,3)29-21-25-17-15-13-11-9-10-12-14-16-18-26-22-30(34(4,5)6)24-28(32(26)36-8)20-19-27(23-29)31(25)35-7/h21-24H,9-20H2,1-8H3. The Labute approximate surface area is 222 Å². The normalized spacial score (nSPS) is 16.7. The predicted molar refractivity (Wildman–Crippen MR) is 155 cm³/mol. The second-order valence-corrected chi connectivity index (χ2v) is 13.0. The summed E-state index contributed by atoms with van der Waals surface area (Å²) in [6.45, 7) is 13.9. The zero-order valence-electron chi connectivity index (χ0n) is 24.6. The monoisotopic (exact) mass is 492 g/mol. The highest BCUT2D eigenvalue weighted by molar-refractivity contribution is 5.50. The average Bonchev–Trinajstić information content (AvgIpc) is 2.81. The molecule has 0 aliphatic heterocycles. The maximum absolute atomic E-state index is 6.09. The number of aryl methyl sites for hydroxylation is 4. The minimum Gasteiger partial charge on any atom is -0.496 e. The third-order valence-corrected chi connectivity index (χ3v) is 7.93. The average molecular weight is 493 g/mol. The van der Waals surface area contributed by atoms with Crippen LogP contribution in [0.3, 0.4) is 0 Å². The van der Waals surface area contributed by atoms with Gasteiger partial charge < -0.3 is 9.47 Å². The lowest BCUT2D eigenvalue weighted by Crippen LogP contribution is -2.15. The van der Waals surface area contributed by atoms with Gasteiger partial charge in [-0.1, -0.05) is 104 Å². The van der Waals surface area contributed by atoms with Crippen molar-refractivity contribution in [2.45, 2.75) is 129 Å². The molecule has 0 unspecified atom stereocenters. The van der Waals surface area contributed by atoms with Crippen LogP contribution in [0.25, 0.3) is 0 Å². The fourth-order valence-corrected chi connectivity index (χ4v) is 5.60. The molecule has 2 aromatic carbocycles. The summed E-state index contributed by atoms with van der Waals surface area (Å²) in [6.07, 6.45) is 14.7. The van der Waals surface area contributed by atoms with Crippen LogP contribution < -0.4 is 9.47 Å². The van der Waals surface area contributed by atoms with Crippen molar-refractivity contribution in [2.24, 2.45) is 0 Å². The van der Waals surface area contributed by atoms with Crippen LogP contribution in [0.2, 0.25) is 0 Å². The summed E-state index contributed by atoms with van der Waals surface area (Å²) in [7, 11) is 3.70. The van der Waals surface area contributed by atoms with Crippen LogP contribution in [0.1, 0.15) is 126 Å². The van der Waals surface area contributed by atoms with Crippen LogP contribution in [-0.2, 0) is 36.5 Å². The number of hydrogen-bond donors (Lipinski definition) is 0. The van der Waals surface area contributed by atoms with Crippen molar-refractivity contribution in [1.82, 2.24) is 0 Å². The highest BCUT2D eigenvalue weighted by Gasteiger charge is 2.22. The van der Waals surface area contributed by atoms with Gasteiger partial charge in [-0.3, -0.25) is 0 Å². The lowest BCUT2D eigenvalue weighted by atomic mass is 9.82. The number of ether oxygens (including phenoxy) is 2. The molecule has 36 heavy (non-hydrogen) atoms. The molecular formula is C34H52O2. The maximum Gasteiger partial charge on any atom is 0.125 e. The van der Waals surface area contributed by atoms with E-state index in [4.69, 9.17) is 9.47 Å². The summed E-state index contributed by atoms with van der Waals surface area (Å²) in [5.41, 5.74) is 8.51. The minimum atomic E-state index is 0.115. The molecule has 1 aliphatic carbocycles. The molecule has 0 saturated heterocycles. The highest BCUT2D eigenvalue weighted by Crippen LogP contribution is 2.37. The quantitative estimate of drug-likeness (QED) is 0.416. The Kier molecular flexibility index (Phi) is 9.95. The Morgan fingerprint density at radius 3 is 1.00 bits per heavy atom. The number of methoxy groups -OCH3 is 2. The molecule has 4 bridgehead atoms. The topological polar surface area (TPSA) is 18.5 Å². The SMILES string of the molecule is COc1c2cc(C(C)(C)C)cc1CCc1cc(C(C)(C)C)cc(c1OC)CCCCCCCCCC2. The van der Waals surface area contributed by atoms with Crippen LogP contribution in [-0.4, -0.2) is 14.2 Å². The molecule has 2 aromatic rings. The van der Waals surface area contributed by atoms with Gasteiger partial charge in [-0.15, -0.1) is 0 Å². The van der Waals surface area contributed by atoms with E-state index in [9.17, 15) is 0 Å². The molecule has 0 fully saturated rings. The smallest absolute Gasteiger partial charge is 0.125 e. The third kappa shape index (κ3) is 7.53. The van der Waals surface area contributed by atoms with E-state index in [0.717, 1.165) is 37.2 Å². The lowest BCUT2D eigenvalue weighted by molar-refractivity contribution is 0.398. The predicted octanol–water partition coefficient (Wildman–Crippen LogP) is 9.30. The molecule has 0 spiro atoms. The maximum atomic E-state index is 6.09. The lowest BCUT2D eigenvalue weighted by Gasteiger charge is -2.25. The van der Waals surface area contributed by atoms with E-state index in [1.54, 1.807) is 0 Å². The van der Waals surface area contributed by atoms with Crippen molar-refractivity contribution in [3.05, 3.63) is 57.6 Å². The Balaban J connectivity index is 2.08. The van der Waals surface area contributed by atoms with Gasteiger partial charge >= 0.3 is 0 Å². The van der Waals surface area contributed by atoms with E-state index in [1.165, 1.54) is 84.7 Å². The van der Waals surface area contributed by atoms with Gasteiger partial charge in [0.15, 0.2) is 0 Å². The van der Waals surface area contributed by atoms with Gasteiger partial charge in [0.05, 0.1) is 14.2 Å². The largest absolute Gasteiger partial charge is 0.496 e. The first kappa shape index (κ1) is 28.6. The fourth-order valence-electron chi connectivity index (χ4n) is 5.60. The van der Waals surface area contributed by atoms with Crippen molar-refractivity contribution in [3.8, 4) is 11.5 Å². The van der Waals surface area contributed by atoms with E-state index in [0.29, 0.717) is 0 Å². The molecule has 0 heterocycles. The Morgan fingerprint density at radius 1 is 0.444 bits per heavy atom. The molecule has 0 aromatic heterocycles. The van der Waals surface area contributed by atoms with Crippen LogP contribution in [0, 0.1) is 0 Å². The van der Waals surface area contributed by atoms with E-state index in [-0.39, 0.29) is 10.8 Å². The minimum absolute atomic E-state index is 0.115. The van der Waals surface area contributed by atoms with Gasteiger partial charge in [-0.2, -0.15) is 0 Å². The van der Waals surface area contributed by atoms with Gasteiger partial charge in [-0.05, 0) is 82.7 Å². The Hall–Kier alpha value is -1.96. The summed E-state index contributed by atoms with van der Waals surface area (Å²) < 4.78 is 12.2. The summed E-state index contributed by atoms with van der Waals surface area (Å²) >= 11 is 0. The summed E-state index contributed by atoms with van der Waals surface area (Å²) in [5.74, 6) is 2.21. The van der Waals surface area contributed by atoms with Crippen LogP contribution in [0.15, 0.2) is 24.3 Å². The van der Waals surface area contributed by atoms with Gasteiger partial charge in [0.1, 0.15) is 11.5 Å². The van der Waals surface area contributed by atoms with Crippen LogP contribution in [0.5, 0.6) is 11.5 Å². The molecule has 0 atom stereocenters. The molecule has 0 saturated carbocycles. The summed E-state index contributed by atoms with van der Waals surface area (Å²) in [5, 5.41) is 0. The number of rotatable bonds is 2. The Bertz CT molecular complexity index is 906. The highest BCUT2D eigenvalue weighted by atomic mass is 16.5. The fraction of sp³-hybridized carbons (Fsp3) is 0.647. The first-order valence-electron chi connectivity index (χ1n) is 14.4. The molecule has 200 valence electrons. The molecule has 2 heteroatoms. The first-order valence-corrected chi connectivity index (χ1v) is 14.4. The van der Waals surface area contributed by atoms with E-state index < -0.39 is 0 Å². The summed E-state index contributed by atoms with van der Waals surface area (Å²) in [4.78, 5) is 0.